The molecule has 0 aliphatic carbocycles. The fourth-order valence-electron chi connectivity index (χ4n) is 2.57. The topological polar surface area (TPSA) is 41.6 Å². The highest BCUT2D eigenvalue weighted by Crippen LogP contribution is 2.27. The van der Waals surface area contributed by atoms with Crippen molar-refractivity contribution >= 4 is 5.91 Å². The molecular weight excluding hydrogens is 252 g/mol. The minimum atomic E-state index is -0.113. The molecule has 1 aliphatic rings. The Morgan fingerprint density at radius 2 is 1.95 bits per heavy atom. The summed E-state index contributed by atoms with van der Waals surface area (Å²) in [7, 11) is 1.66. The molecule has 110 valence electrons. The Morgan fingerprint density at radius 1 is 1.30 bits per heavy atom. The molecule has 20 heavy (non-hydrogen) atoms. The fraction of sp³-hybridized carbons (Fsp3) is 0.562. The summed E-state index contributed by atoms with van der Waals surface area (Å²) in [5.74, 6) is 0.450. The number of benzene rings is 1. The van der Waals surface area contributed by atoms with E-state index in [4.69, 9.17) is 4.74 Å². The molecule has 0 spiro atoms. The number of carbonyl (C=O) groups excluding carboxylic acids is 1. The zero-order chi connectivity index (χ0) is 14.7. The van der Waals surface area contributed by atoms with Crippen LogP contribution in [0.4, 0.5) is 0 Å². The van der Waals surface area contributed by atoms with Crippen LogP contribution in [0.2, 0.25) is 0 Å². The van der Waals surface area contributed by atoms with Crippen LogP contribution in [0.25, 0.3) is 0 Å². The molecule has 1 fully saturated rings. The first-order chi connectivity index (χ1) is 9.54. The Hall–Kier alpha value is -1.39. The van der Waals surface area contributed by atoms with Crippen LogP contribution in [0.5, 0.6) is 0 Å². The monoisotopic (exact) mass is 276 g/mol. The van der Waals surface area contributed by atoms with Gasteiger partial charge in [-0.25, -0.2) is 0 Å². The van der Waals surface area contributed by atoms with Crippen molar-refractivity contribution in [3.8, 4) is 0 Å². The highest BCUT2D eigenvalue weighted by atomic mass is 16.5. The van der Waals surface area contributed by atoms with Gasteiger partial charge in [0.2, 0.25) is 5.91 Å². The van der Waals surface area contributed by atoms with Crippen LogP contribution in [0.15, 0.2) is 24.3 Å². The van der Waals surface area contributed by atoms with Gasteiger partial charge in [-0.2, -0.15) is 0 Å². The van der Waals surface area contributed by atoms with Crippen molar-refractivity contribution in [3.63, 3.8) is 0 Å². The number of rotatable bonds is 5. The Bertz CT molecular complexity index is 456. The largest absolute Gasteiger partial charge is 0.383 e. The van der Waals surface area contributed by atoms with Crippen molar-refractivity contribution < 1.29 is 9.53 Å². The minimum Gasteiger partial charge on any atom is -0.383 e. The summed E-state index contributed by atoms with van der Waals surface area (Å²) in [6, 6.07) is 8.22. The molecule has 2 unspecified atom stereocenters. The van der Waals surface area contributed by atoms with E-state index in [0.29, 0.717) is 13.2 Å². The number of nitrogens with one attached hydrogen (secondary N) is 1. The molecule has 0 bridgehead atoms. The number of ether oxygens (including phenoxy) is 1. The van der Waals surface area contributed by atoms with E-state index in [0.717, 1.165) is 5.56 Å². The average molecular weight is 276 g/mol. The van der Waals surface area contributed by atoms with E-state index < -0.39 is 0 Å². The first-order valence-electron chi connectivity index (χ1n) is 7.16. The Balaban J connectivity index is 2.23. The molecule has 1 heterocycles. The molecule has 4 nitrogen and oxygen atoms in total. The van der Waals surface area contributed by atoms with Crippen LogP contribution in [0.1, 0.15) is 31.1 Å². The number of hydrogen-bond donors (Lipinski definition) is 1. The highest BCUT2D eigenvalue weighted by Gasteiger charge is 2.40. The van der Waals surface area contributed by atoms with Crippen molar-refractivity contribution in [1.82, 2.24) is 10.2 Å². The lowest BCUT2D eigenvalue weighted by Crippen LogP contribution is -2.35. The van der Waals surface area contributed by atoms with Gasteiger partial charge in [0.05, 0.1) is 12.6 Å². The molecule has 2 atom stereocenters. The van der Waals surface area contributed by atoms with Gasteiger partial charge < -0.3 is 9.64 Å². The van der Waals surface area contributed by atoms with Gasteiger partial charge in [-0.3, -0.25) is 10.1 Å². The number of carbonyl (C=O) groups is 1. The normalized spacial score (nSPS) is 22.9. The highest BCUT2D eigenvalue weighted by molar-refractivity contribution is 5.84. The van der Waals surface area contributed by atoms with E-state index in [1.807, 2.05) is 4.90 Å². The standard InChI is InChI=1S/C16H24N2O2/c1-11(2)14-16(19)18(9-10-20-4)15(17-14)13-7-5-12(3)6-8-13/h5-8,11,14-15,17H,9-10H2,1-4H3. The van der Waals surface area contributed by atoms with E-state index in [2.05, 4.69) is 50.4 Å². The summed E-state index contributed by atoms with van der Waals surface area (Å²) >= 11 is 0. The molecule has 4 heteroatoms. The zero-order valence-corrected chi connectivity index (χ0v) is 12.7. The third-order valence-corrected chi connectivity index (χ3v) is 3.79. The maximum absolute atomic E-state index is 12.5. The van der Waals surface area contributed by atoms with Crippen molar-refractivity contribution in [3.05, 3.63) is 35.4 Å². The molecule has 1 aromatic carbocycles. The molecule has 1 saturated heterocycles. The number of methoxy groups -OCH3 is 1. The van der Waals surface area contributed by atoms with Crippen molar-refractivity contribution in [2.24, 2.45) is 5.92 Å². The van der Waals surface area contributed by atoms with E-state index in [1.54, 1.807) is 7.11 Å². The maximum atomic E-state index is 12.5. The molecule has 0 saturated carbocycles. The van der Waals surface area contributed by atoms with Crippen LogP contribution in [-0.2, 0) is 9.53 Å². The first-order valence-corrected chi connectivity index (χ1v) is 7.16. The smallest absolute Gasteiger partial charge is 0.241 e. The van der Waals surface area contributed by atoms with Crippen LogP contribution < -0.4 is 5.32 Å². The van der Waals surface area contributed by atoms with Gasteiger partial charge >= 0.3 is 0 Å². The molecule has 1 N–H and O–H groups in total. The summed E-state index contributed by atoms with van der Waals surface area (Å²) in [6.07, 6.45) is -0.0503. The van der Waals surface area contributed by atoms with E-state index in [9.17, 15) is 4.79 Å². The maximum Gasteiger partial charge on any atom is 0.241 e. The van der Waals surface area contributed by atoms with Crippen molar-refractivity contribution in [1.29, 1.82) is 0 Å². The number of nitrogens with zero attached hydrogens (tertiary/aromatic N) is 1. The lowest BCUT2D eigenvalue weighted by molar-refractivity contribution is -0.131. The van der Waals surface area contributed by atoms with Gasteiger partial charge in [-0.15, -0.1) is 0 Å². The van der Waals surface area contributed by atoms with Gasteiger partial charge in [-0.05, 0) is 18.4 Å². The summed E-state index contributed by atoms with van der Waals surface area (Å²) < 4.78 is 5.13. The van der Waals surface area contributed by atoms with E-state index in [-0.39, 0.29) is 24.0 Å². The van der Waals surface area contributed by atoms with Crippen LogP contribution >= 0.6 is 0 Å². The lowest BCUT2D eigenvalue weighted by atomic mass is 10.1. The Labute approximate surface area is 121 Å². The van der Waals surface area contributed by atoms with Crippen LogP contribution in [-0.4, -0.2) is 37.1 Å². The summed E-state index contributed by atoms with van der Waals surface area (Å²) in [5, 5.41) is 3.46. The molecule has 1 aliphatic heterocycles. The fourth-order valence-corrected chi connectivity index (χ4v) is 2.57. The number of hydrogen-bond acceptors (Lipinski definition) is 3. The molecule has 1 amide bonds. The zero-order valence-electron chi connectivity index (χ0n) is 12.7. The summed E-state index contributed by atoms with van der Waals surface area (Å²) in [6.45, 7) is 7.38. The SMILES string of the molecule is COCCN1C(=O)C(C(C)C)NC1c1ccc(C)cc1. The van der Waals surface area contributed by atoms with Gasteiger partial charge in [0.15, 0.2) is 0 Å². The average Bonchev–Trinajstić information content (AvgIpc) is 2.75. The molecule has 2 rings (SSSR count). The summed E-state index contributed by atoms with van der Waals surface area (Å²) in [5.41, 5.74) is 2.35. The van der Waals surface area contributed by atoms with E-state index >= 15 is 0 Å². The number of aryl methyl sites for hydroxylation is 1. The van der Waals surface area contributed by atoms with Gasteiger partial charge in [0, 0.05) is 13.7 Å². The molecular formula is C16H24N2O2. The summed E-state index contributed by atoms with van der Waals surface area (Å²) in [4.78, 5) is 14.4. The van der Waals surface area contributed by atoms with Gasteiger partial charge in [-0.1, -0.05) is 43.7 Å². The third kappa shape index (κ3) is 3.02. The van der Waals surface area contributed by atoms with E-state index in [1.165, 1.54) is 5.56 Å². The van der Waals surface area contributed by atoms with Crippen molar-refractivity contribution in [2.75, 3.05) is 20.3 Å². The quantitative estimate of drug-likeness (QED) is 0.895. The lowest BCUT2D eigenvalue weighted by Gasteiger charge is -2.24. The number of amides is 1. The minimum absolute atomic E-state index is 0.0503. The van der Waals surface area contributed by atoms with Crippen LogP contribution in [0.3, 0.4) is 0 Å². The predicted octanol–water partition coefficient (Wildman–Crippen LogP) is 2.10. The third-order valence-electron chi connectivity index (χ3n) is 3.79. The van der Waals surface area contributed by atoms with Gasteiger partial charge in [0.1, 0.15) is 6.17 Å². The second kappa shape index (κ2) is 6.37. The Kier molecular flexibility index (Phi) is 4.78. The van der Waals surface area contributed by atoms with Crippen molar-refractivity contribution in [2.45, 2.75) is 33.0 Å². The molecule has 0 aromatic heterocycles. The van der Waals surface area contributed by atoms with Gasteiger partial charge in [0.25, 0.3) is 0 Å². The van der Waals surface area contributed by atoms with Crippen LogP contribution in [0, 0.1) is 12.8 Å². The predicted molar refractivity (Wildman–Crippen MR) is 79.3 cm³/mol. The second-order valence-electron chi connectivity index (χ2n) is 5.73. The molecule has 1 aromatic rings. The Morgan fingerprint density at radius 3 is 2.50 bits per heavy atom. The first kappa shape index (κ1) is 15.0. The second-order valence-corrected chi connectivity index (χ2v) is 5.73. The molecule has 0 radical (unpaired) electrons.